The van der Waals surface area contributed by atoms with Crippen LogP contribution in [0.4, 0.5) is 8.78 Å². The first-order valence-corrected chi connectivity index (χ1v) is 4.32. The minimum absolute atomic E-state index is 0.0271. The molecule has 0 saturated carbocycles. The fourth-order valence-electron chi connectivity index (χ4n) is 0.934. The van der Waals surface area contributed by atoms with Gasteiger partial charge in [-0.3, -0.25) is 4.84 Å². The second kappa shape index (κ2) is 4.64. The molecule has 0 heterocycles. The average molecular weight is 252 g/mol. The van der Waals surface area contributed by atoms with E-state index in [-0.39, 0.29) is 12.2 Å². The zero-order valence-corrected chi connectivity index (χ0v) is 8.22. The van der Waals surface area contributed by atoms with Crippen molar-refractivity contribution in [2.24, 2.45) is 5.90 Å². The molecule has 0 aliphatic heterocycles. The number of halogens is 3. The van der Waals surface area contributed by atoms with Crippen molar-refractivity contribution in [3.05, 3.63) is 33.8 Å². The third-order valence-corrected chi connectivity index (χ3v) is 2.24. The summed E-state index contributed by atoms with van der Waals surface area (Å²) in [5.74, 6) is 4.85. The zero-order valence-electron chi connectivity index (χ0n) is 6.64. The molecule has 0 radical (unpaired) electrons. The largest absolute Gasteiger partial charge is 0.300 e. The van der Waals surface area contributed by atoms with E-state index in [9.17, 15) is 8.78 Å². The Hall–Kier alpha value is -0.520. The molecule has 1 aromatic rings. The number of hydrogen-bond donors (Lipinski definition) is 1. The highest BCUT2D eigenvalue weighted by Gasteiger charge is 2.11. The molecule has 2 N–H and O–H groups in total. The van der Waals surface area contributed by atoms with E-state index in [4.69, 9.17) is 5.90 Å². The van der Waals surface area contributed by atoms with Crippen molar-refractivity contribution in [3.8, 4) is 0 Å². The second-order valence-corrected chi connectivity index (χ2v) is 3.32. The molecule has 1 aromatic carbocycles. The van der Waals surface area contributed by atoms with Crippen LogP contribution in [-0.4, -0.2) is 0 Å². The standard InChI is InChI=1S/C8H8BrF2NO/c9-7-3-5(4-13-12)1-2-6(7)8(10)11/h1-3,8H,4,12H2. The second-order valence-electron chi connectivity index (χ2n) is 2.47. The number of nitrogens with two attached hydrogens (primary N) is 1. The van der Waals surface area contributed by atoms with Gasteiger partial charge in [0.1, 0.15) is 0 Å². The molecule has 13 heavy (non-hydrogen) atoms. The van der Waals surface area contributed by atoms with Gasteiger partial charge in [0.05, 0.1) is 6.61 Å². The normalized spacial score (nSPS) is 10.8. The molecule has 0 aromatic heterocycles. The third kappa shape index (κ3) is 2.72. The Labute approximate surface area is 82.8 Å². The predicted molar refractivity (Wildman–Crippen MR) is 48.1 cm³/mol. The molecule has 2 nitrogen and oxygen atoms in total. The van der Waals surface area contributed by atoms with Crippen LogP contribution in [0.1, 0.15) is 17.6 Å². The van der Waals surface area contributed by atoms with Crippen LogP contribution in [0.5, 0.6) is 0 Å². The van der Waals surface area contributed by atoms with Crippen molar-refractivity contribution in [3.63, 3.8) is 0 Å². The zero-order chi connectivity index (χ0) is 9.84. The molecule has 0 amide bonds. The lowest BCUT2D eigenvalue weighted by molar-refractivity contribution is 0.123. The van der Waals surface area contributed by atoms with Gasteiger partial charge in [0.25, 0.3) is 6.43 Å². The van der Waals surface area contributed by atoms with Crippen LogP contribution in [0, 0.1) is 0 Å². The molecule has 72 valence electrons. The fraction of sp³-hybridized carbons (Fsp3) is 0.250. The van der Waals surface area contributed by atoms with Crippen LogP contribution in [0.25, 0.3) is 0 Å². The van der Waals surface area contributed by atoms with E-state index in [1.807, 2.05) is 0 Å². The van der Waals surface area contributed by atoms with Crippen LogP contribution < -0.4 is 5.90 Å². The van der Waals surface area contributed by atoms with Crippen molar-refractivity contribution in [1.82, 2.24) is 0 Å². The van der Waals surface area contributed by atoms with Crippen LogP contribution >= 0.6 is 15.9 Å². The Balaban J connectivity index is 2.92. The van der Waals surface area contributed by atoms with Crippen LogP contribution in [-0.2, 0) is 11.4 Å². The quantitative estimate of drug-likeness (QED) is 0.839. The highest BCUT2D eigenvalue weighted by atomic mass is 79.9. The van der Waals surface area contributed by atoms with Crippen molar-refractivity contribution in [2.75, 3.05) is 0 Å². The minimum Gasteiger partial charge on any atom is -0.300 e. The molecule has 0 saturated heterocycles. The molecule has 0 bridgehead atoms. The number of alkyl halides is 2. The van der Waals surface area contributed by atoms with Gasteiger partial charge in [0, 0.05) is 10.0 Å². The van der Waals surface area contributed by atoms with E-state index in [0.717, 1.165) is 5.56 Å². The molecule has 1 rings (SSSR count). The molecule has 0 spiro atoms. The lowest BCUT2D eigenvalue weighted by Gasteiger charge is -2.05. The maximum absolute atomic E-state index is 12.3. The first-order valence-electron chi connectivity index (χ1n) is 3.53. The average Bonchev–Trinajstić information content (AvgIpc) is 2.04. The van der Waals surface area contributed by atoms with Crippen LogP contribution in [0.15, 0.2) is 22.7 Å². The summed E-state index contributed by atoms with van der Waals surface area (Å²) in [6.07, 6.45) is -2.47. The Morgan fingerprint density at radius 2 is 2.15 bits per heavy atom. The van der Waals surface area contributed by atoms with E-state index >= 15 is 0 Å². The molecule has 0 aliphatic carbocycles. The SMILES string of the molecule is NOCc1ccc(C(F)F)c(Br)c1. The Bertz CT molecular complexity index is 293. The summed E-state index contributed by atoms with van der Waals surface area (Å²) >= 11 is 3.04. The van der Waals surface area contributed by atoms with Crippen LogP contribution in [0.2, 0.25) is 0 Å². The number of benzene rings is 1. The summed E-state index contributed by atoms with van der Waals surface area (Å²) in [6, 6.07) is 4.47. The van der Waals surface area contributed by atoms with Gasteiger partial charge < -0.3 is 0 Å². The first kappa shape index (κ1) is 10.6. The molecule has 0 aliphatic rings. The van der Waals surface area contributed by atoms with Gasteiger partial charge in [-0.2, -0.15) is 0 Å². The van der Waals surface area contributed by atoms with Crippen LogP contribution in [0.3, 0.4) is 0 Å². The molecular weight excluding hydrogens is 244 g/mol. The summed E-state index contributed by atoms with van der Waals surface area (Å²) in [5, 5.41) is 0. The van der Waals surface area contributed by atoms with Crippen molar-refractivity contribution in [2.45, 2.75) is 13.0 Å². The van der Waals surface area contributed by atoms with E-state index in [1.54, 1.807) is 12.1 Å². The highest BCUT2D eigenvalue weighted by molar-refractivity contribution is 9.10. The topological polar surface area (TPSA) is 35.2 Å². The van der Waals surface area contributed by atoms with Gasteiger partial charge in [-0.05, 0) is 11.6 Å². The smallest absolute Gasteiger partial charge is 0.264 e. The molecule has 0 unspecified atom stereocenters. The molecule has 0 fully saturated rings. The van der Waals surface area contributed by atoms with Gasteiger partial charge in [-0.15, -0.1) is 0 Å². The predicted octanol–water partition coefficient (Wildman–Crippen LogP) is 2.78. The maximum atomic E-state index is 12.3. The maximum Gasteiger partial charge on any atom is 0.264 e. The van der Waals surface area contributed by atoms with Crippen molar-refractivity contribution >= 4 is 15.9 Å². The summed E-state index contributed by atoms with van der Waals surface area (Å²) in [7, 11) is 0. The first-order chi connectivity index (χ1) is 6.15. The van der Waals surface area contributed by atoms with Gasteiger partial charge in [0.2, 0.25) is 0 Å². The lowest BCUT2D eigenvalue weighted by atomic mass is 10.1. The molecule has 0 atom stereocenters. The summed E-state index contributed by atoms with van der Waals surface area (Å²) in [5.41, 5.74) is 0.722. The van der Waals surface area contributed by atoms with Gasteiger partial charge in [0.15, 0.2) is 0 Å². The minimum atomic E-state index is -2.47. The summed E-state index contributed by atoms with van der Waals surface area (Å²) in [6.45, 7) is 0.210. The highest BCUT2D eigenvalue weighted by Crippen LogP contribution is 2.28. The van der Waals surface area contributed by atoms with Gasteiger partial charge in [-0.25, -0.2) is 14.7 Å². The van der Waals surface area contributed by atoms with E-state index < -0.39 is 6.43 Å². The van der Waals surface area contributed by atoms with Crippen molar-refractivity contribution < 1.29 is 13.6 Å². The number of rotatable bonds is 3. The van der Waals surface area contributed by atoms with E-state index in [0.29, 0.717) is 4.47 Å². The number of hydrogen-bond acceptors (Lipinski definition) is 2. The van der Waals surface area contributed by atoms with Gasteiger partial charge in [-0.1, -0.05) is 28.1 Å². The Kier molecular flexibility index (Phi) is 3.77. The van der Waals surface area contributed by atoms with E-state index in [2.05, 4.69) is 20.8 Å². The Morgan fingerprint density at radius 3 is 2.62 bits per heavy atom. The summed E-state index contributed by atoms with van der Waals surface area (Å²) < 4.78 is 24.9. The lowest BCUT2D eigenvalue weighted by Crippen LogP contribution is -1.99. The Morgan fingerprint density at radius 1 is 1.46 bits per heavy atom. The summed E-state index contributed by atoms with van der Waals surface area (Å²) in [4.78, 5) is 4.37. The molecule has 5 heteroatoms. The molecular formula is C8H8BrF2NO. The third-order valence-electron chi connectivity index (χ3n) is 1.55. The van der Waals surface area contributed by atoms with E-state index in [1.165, 1.54) is 6.07 Å². The monoisotopic (exact) mass is 251 g/mol. The van der Waals surface area contributed by atoms with Crippen molar-refractivity contribution in [1.29, 1.82) is 0 Å². The van der Waals surface area contributed by atoms with Gasteiger partial charge >= 0.3 is 0 Å². The fourth-order valence-corrected chi connectivity index (χ4v) is 1.53.